The third-order valence-electron chi connectivity index (χ3n) is 1.47. The Hall–Kier alpha value is 0.750. The van der Waals surface area contributed by atoms with E-state index >= 15 is 0 Å². The van der Waals surface area contributed by atoms with E-state index in [0.717, 1.165) is 0 Å². The van der Waals surface area contributed by atoms with Crippen molar-refractivity contribution >= 4 is 26.5 Å². The van der Waals surface area contributed by atoms with Crippen LogP contribution in [0.1, 0.15) is 13.8 Å². The molecule has 0 bridgehead atoms. The zero-order chi connectivity index (χ0) is 6.20. The molecule has 4 heteroatoms. The molecule has 50 valence electrons. The van der Waals surface area contributed by atoms with Crippen molar-refractivity contribution in [3.05, 3.63) is 0 Å². The van der Waals surface area contributed by atoms with Crippen molar-refractivity contribution in [2.24, 2.45) is 0 Å². The molecule has 0 aromatic carbocycles. The Labute approximate surface area is 60.5 Å². The maximum atomic E-state index is 3.39. The minimum absolute atomic E-state index is 0.486. The molecule has 1 fully saturated rings. The second-order valence-corrected chi connectivity index (χ2v) is 6.32. The lowest BCUT2D eigenvalue weighted by Gasteiger charge is -2.09. The summed E-state index contributed by atoms with van der Waals surface area (Å²) in [5, 5.41) is 0. The molecule has 2 nitrogen and oxygen atoms in total. The van der Waals surface area contributed by atoms with Gasteiger partial charge in [-0.1, -0.05) is 24.2 Å². The molecular weight excluding hydrogens is 188 g/mol. The van der Waals surface area contributed by atoms with E-state index in [2.05, 4.69) is 38.3 Å². The Morgan fingerprint density at radius 1 is 1.50 bits per heavy atom. The van der Waals surface area contributed by atoms with E-state index in [4.69, 9.17) is 0 Å². The second-order valence-electron chi connectivity index (χ2n) is 1.76. The highest BCUT2D eigenvalue weighted by Gasteiger charge is 2.41. The fraction of sp³-hybridized carbons (Fsp3) is 1.00. The summed E-state index contributed by atoms with van der Waals surface area (Å²) in [5.74, 6) is 2.49. The van der Waals surface area contributed by atoms with Crippen LogP contribution in [0.4, 0.5) is 0 Å². The Bertz CT molecular complexity index is 88.5. The molecule has 1 aliphatic rings. The molecule has 1 N–H and O–H groups in total. The van der Waals surface area contributed by atoms with E-state index in [9.17, 15) is 0 Å². The summed E-state index contributed by atoms with van der Waals surface area (Å²) in [5.41, 5.74) is 0. The van der Waals surface area contributed by atoms with Gasteiger partial charge in [-0.05, 0) is 0 Å². The maximum absolute atomic E-state index is 3.39. The first kappa shape index (κ1) is 6.86. The monoisotopic (exact) mass is 198 g/mol. The highest BCUT2D eigenvalue weighted by Crippen LogP contribution is 2.61. The number of nitrogens with zero attached hydrogens (tertiary/aromatic N) is 1. The molecular formula is C4H11BrN2S. The molecule has 0 aliphatic carbocycles. The SMILES string of the molecule is CCS1(CC)NN1Br. The second kappa shape index (κ2) is 2.17. The van der Waals surface area contributed by atoms with Crippen molar-refractivity contribution in [1.82, 2.24) is 8.27 Å². The number of hydrazine groups is 1. The Morgan fingerprint density at radius 2 is 1.88 bits per heavy atom. The van der Waals surface area contributed by atoms with Gasteiger partial charge in [0.15, 0.2) is 0 Å². The average Bonchev–Trinajstić information content (AvgIpc) is 2.43. The van der Waals surface area contributed by atoms with E-state index in [1.54, 1.807) is 0 Å². The predicted molar refractivity (Wildman–Crippen MR) is 42.6 cm³/mol. The van der Waals surface area contributed by atoms with Gasteiger partial charge in [0.05, 0.1) is 0 Å². The molecule has 1 heterocycles. The molecule has 0 amide bonds. The number of rotatable bonds is 2. The van der Waals surface area contributed by atoms with Gasteiger partial charge in [0.25, 0.3) is 0 Å². The van der Waals surface area contributed by atoms with Crippen molar-refractivity contribution < 1.29 is 0 Å². The van der Waals surface area contributed by atoms with Crippen LogP contribution in [-0.2, 0) is 0 Å². The third kappa shape index (κ3) is 0.900. The van der Waals surface area contributed by atoms with E-state index in [-0.39, 0.29) is 0 Å². The van der Waals surface area contributed by atoms with Gasteiger partial charge in [-0.25, -0.2) is 0 Å². The highest BCUT2D eigenvalue weighted by molar-refractivity contribution is 9.10. The summed E-state index contributed by atoms with van der Waals surface area (Å²) in [7, 11) is -0.486. The van der Waals surface area contributed by atoms with E-state index < -0.39 is 10.4 Å². The molecule has 1 aliphatic heterocycles. The minimum Gasteiger partial charge on any atom is -0.183 e. The lowest BCUT2D eigenvalue weighted by molar-refractivity contribution is 0.912. The van der Waals surface area contributed by atoms with Crippen LogP contribution in [0.2, 0.25) is 0 Å². The zero-order valence-electron chi connectivity index (χ0n) is 5.15. The summed E-state index contributed by atoms with van der Waals surface area (Å²) in [6.07, 6.45) is 0. The van der Waals surface area contributed by atoms with Gasteiger partial charge in [-0.3, -0.25) is 0 Å². The molecule has 0 aromatic heterocycles. The van der Waals surface area contributed by atoms with E-state index in [1.807, 2.05) is 0 Å². The molecule has 1 rings (SSSR count). The lowest BCUT2D eigenvalue weighted by atomic mass is 11.0. The van der Waals surface area contributed by atoms with Crippen LogP contribution < -0.4 is 4.83 Å². The average molecular weight is 199 g/mol. The van der Waals surface area contributed by atoms with Gasteiger partial charge in [0.1, 0.15) is 0 Å². The first-order valence-corrected chi connectivity index (χ1v) is 5.41. The first-order chi connectivity index (χ1) is 3.75. The normalized spacial score (nSPS) is 36.6. The zero-order valence-corrected chi connectivity index (χ0v) is 7.55. The van der Waals surface area contributed by atoms with Gasteiger partial charge in [0.2, 0.25) is 0 Å². The van der Waals surface area contributed by atoms with Crippen molar-refractivity contribution in [3.63, 3.8) is 0 Å². The van der Waals surface area contributed by atoms with Crippen LogP contribution in [0.15, 0.2) is 0 Å². The van der Waals surface area contributed by atoms with E-state index in [0.29, 0.717) is 0 Å². The van der Waals surface area contributed by atoms with Gasteiger partial charge in [-0.15, -0.1) is 3.44 Å². The molecule has 8 heavy (non-hydrogen) atoms. The molecule has 0 spiro atoms. The number of hydrogen-bond acceptors (Lipinski definition) is 2. The predicted octanol–water partition coefficient (Wildman–Crippen LogP) is 1.79. The summed E-state index contributed by atoms with van der Waals surface area (Å²) >= 11 is 3.39. The topological polar surface area (TPSA) is 25.0 Å². The van der Waals surface area contributed by atoms with Crippen LogP contribution in [0.3, 0.4) is 0 Å². The van der Waals surface area contributed by atoms with Crippen LogP contribution >= 0.6 is 26.5 Å². The van der Waals surface area contributed by atoms with Crippen LogP contribution in [0, 0.1) is 0 Å². The van der Waals surface area contributed by atoms with E-state index in [1.165, 1.54) is 11.5 Å². The molecule has 1 unspecified atom stereocenters. The third-order valence-corrected chi connectivity index (χ3v) is 6.51. The van der Waals surface area contributed by atoms with Gasteiger partial charge >= 0.3 is 0 Å². The fourth-order valence-corrected chi connectivity index (χ4v) is 4.38. The van der Waals surface area contributed by atoms with Gasteiger partial charge in [-0.2, -0.15) is 4.83 Å². The van der Waals surface area contributed by atoms with Crippen LogP contribution in [0.5, 0.6) is 0 Å². The van der Waals surface area contributed by atoms with Crippen molar-refractivity contribution in [1.29, 1.82) is 0 Å². The Morgan fingerprint density at radius 3 is 1.88 bits per heavy atom. The van der Waals surface area contributed by atoms with Crippen molar-refractivity contribution in [2.45, 2.75) is 13.8 Å². The Balaban J connectivity index is 2.39. The number of hydrogen-bond donors (Lipinski definition) is 1. The minimum atomic E-state index is -0.486. The van der Waals surface area contributed by atoms with Gasteiger partial charge in [0, 0.05) is 27.7 Å². The largest absolute Gasteiger partial charge is 0.183 e. The van der Waals surface area contributed by atoms with Crippen molar-refractivity contribution in [3.8, 4) is 0 Å². The summed E-state index contributed by atoms with van der Waals surface area (Å²) in [4.78, 5) is 3.28. The first-order valence-electron chi connectivity index (χ1n) is 2.77. The number of halogens is 1. The van der Waals surface area contributed by atoms with Gasteiger partial charge < -0.3 is 0 Å². The summed E-state index contributed by atoms with van der Waals surface area (Å²) < 4.78 is 2.07. The number of nitrogens with one attached hydrogen (secondary N) is 1. The summed E-state index contributed by atoms with van der Waals surface area (Å²) in [6, 6.07) is 0. The molecule has 0 aromatic rings. The molecule has 0 saturated carbocycles. The Kier molecular flexibility index (Phi) is 1.86. The highest BCUT2D eigenvalue weighted by atomic mass is 79.9. The lowest BCUT2D eigenvalue weighted by Crippen LogP contribution is -1.90. The maximum Gasteiger partial charge on any atom is 0.0420 e. The smallest absolute Gasteiger partial charge is 0.0420 e. The quantitative estimate of drug-likeness (QED) is 0.541. The van der Waals surface area contributed by atoms with Crippen molar-refractivity contribution in [2.75, 3.05) is 11.5 Å². The van der Waals surface area contributed by atoms with Crippen LogP contribution in [0.25, 0.3) is 0 Å². The molecule has 1 saturated heterocycles. The van der Waals surface area contributed by atoms with Crippen LogP contribution in [-0.4, -0.2) is 14.9 Å². The molecule has 1 atom stereocenters. The summed E-state index contributed by atoms with van der Waals surface area (Å²) in [6.45, 7) is 4.43. The standard InChI is InChI=1S/C4H11BrN2S/c1-3-8(4-2)6-7(8)5/h6H,3-4H2,1-2H3. The molecule has 0 radical (unpaired) electrons. The fourth-order valence-electron chi connectivity index (χ4n) is 0.677.